The zero-order chi connectivity index (χ0) is 17.8. The second-order valence-electron chi connectivity index (χ2n) is 6.93. The fourth-order valence-corrected chi connectivity index (χ4v) is 4.01. The molecule has 0 radical (unpaired) electrons. The van der Waals surface area contributed by atoms with Gasteiger partial charge in [-0.1, -0.05) is 18.2 Å². The van der Waals surface area contributed by atoms with Crippen molar-refractivity contribution in [2.24, 2.45) is 0 Å². The molecule has 0 unspecified atom stereocenters. The van der Waals surface area contributed by atoms with Crippen LogP contribution < -0.4 is 10.0 Å². The van der Waals surface area contributed by atoms with Gasteiger partial charge in [0.05, 0.1) is 18.0 Å². The highest BCUT2D eigenvalue weighted by Crippen LogP contribution is 2.15. The van der Waals surface area contributed by atoms with E-state index in [-0.39, 0.29) is 5.75 Å². The Kier molecular flexibility index (Phi) is 5.62. The molecule has 2 aromatic rings. The number of sulfonamides is 1. The number of hydrogen-bond acceptors (Lipinski definition) is 4. The van der Waals surface area contributed by atoms with Crippen LogP contribution in [0.1, 0.15) is 37.6 Å². The quantitative estimate of drug-likeness (QED) is 0.842. The van der Waals surface area contributed by atoms with E-state index in [0.29, 0.717) is 6.54 Å². The van der Waals surface area contributed by atoms with E-state index in [1.807, 2.05) is 64.1 Å². The first-order valence-corrected chi connectivity index (χ1v) is 9.55. The Bertz CT molecular complexity index is 796. The van der Waals surface area contributed by atoms with E-state index in [1.165, 1.54) is 0 Å². The van der Waals surface area contributed by atoms with Crippen molar-refractivity contribution in [3.8, 4) is 0 Å². The largest absolute Gasteiger partial charge is 0.379 e. The Morgan fingerprint density at radius 3 is 2.54 bits per heavy atom. The van der Waals surface area contributed by atoms with Gasteiger partial charge >= 0.3 is 0 Å². The molecule has 0 aliphatic rings. The average molecular weight is 347 g/mol. The van der Waals surface area contributed by atoms with E-state index in [9.17, 15) is 8.42 Å². The number of benzene rings is 1. The SMILES string of the molecule is Cc1cccnc1CNc1cccc(CS(=O)(=O)NC(C)(C)C)c1. The lowest BCUT2D eigenvalue weighted by Gasteiger charge is -2.20. The molecule has 2 N–H and O–H groups in total. The predicted molar refractivity (Wildman–Crippen MR) is 98.3 cm³/mol. The van der Waals surface area contributed by atoms with E-state index < -0.39 is 15.6 Å². The molecular weight excluding hydrogens is 322 g/mol. The second-order valence-corrected chi connectivity index (χ2v) is 8.65. The highest BCUT2D eigenvalue weighted by Gasteiger charge is 2.20. The first kappa shape index (κ1) is 18.4. The molecule has 0 bridgehead atoms. The molecule has 0 aliphatic carbocycles. The van der Waals surface area contributed by atoms with Gasteiger partial charge in [-0.2, -0.15) is 0 Å². The van der Waals surface area contributed by atoms with Gasteiger partial charge in [0.25, 0.3) is 0 Å². The Labute approximate surface area is 144 Å². The van der Waals surface area contributed by atoms with Crippen molar-refractivity contribution < 1.29 is 8.42 Å². The van der Waals surface area contributed by atoms with Crippen LogP contribution in [0, 0.1) is 6.92 Å². The first-order valence-electron chi connectivity index (χ1n) is 7.90. The van der Waals surface area contributed by atoms with Gasteiger partial charge in [-0.25, -0.2) is 13.1 Å². The molecule has 130 valence electrons. The molecule has 2 rings (SSSR count). The van der Waals surface area contributed by atoms with E-state index in [4.69, 9.17) is 0 Å². The fraction of sp³-hybridized carbons (Fsp3) is 0.389. The molecule has 0 saturated carbocycles. The maximum atomic E-state index is 12.2. The van der Waals surface area contributed by atoms with Crippen LogP contribution in [0.4, 0.5) is 5.69 Å². The summed E-state index contributed by atoms with van der Waals surface area (Å²) in [4.78, 5) is 4.35. The second kappa shape index (κ2) is 7.32. The third-order valence-corrected chi connectivity index (χ3v) is 4.96. The summed E-state index contributed by atoms with van der Waals surface area (Å²) in [6, 6.07) is 11.4. The molecule has 0 atom stereocenters. The fourth-order valence-electron chi connectivity index (χ4n) is 2.38. The van der Waals surface area contributed by atoms with Gasteiger partial charge in [-0.05, 0) is 57.0 Å². The van der Waals surface area contributed by atoms with E-state index >= 15 is 0 Å². The third kappa shape index (κ3) is 5.94. The zero-order valence-corrected chi connectivity index (χ0v) is 15.4. The first-order chi connectivity index (χ1) is 11.1. The average Bonchev–Trinajstić information content (AvgIpc) is 2.43. The minimum Gasteiger partial charge on any atom is -0.379 e. The molecule has 0 spiro atoms. The highest BCUT2D eigenvalue weighted by molar-refractivity contribution is 7.88. The maximum absolute atomic E-state index is 12.2. The smallest absolute Gasteiger partial charge is 0.216 e. The Hall–Kier alpha value is -1.92. The topological polar surface area (TPSA) is 71.1 Å². The molecule has 1 heterocycles. The van der Waals surface area contributed by atoms with Gasteiger partial charge in [0.2, 0.25) is 10.0 Å². The number of aromatic nitrogens is 1. The molecule has 6 heteroatoms. The summed E-state index contributed by atoms with van der Waals surface area (Å²) >= 11 is 0. The Morgan fingerprint density at radius 2 is 1.88 bits per heavy atom. The molecule has 0 amide bonds. The van der Waals surface area contributed by atoms with Gasteiger partial charge in [-0.3, -0.25) is 4.98 Å². The standard InChI is InChI=1S/C18H25N3O2S/c1-14-7-6-10-19-17(14)12-20-16-9-5-8-15(11-16)13-24(22,23)21-18(2,3)4/h5-11,20-21H,12-13H2,1-4H3. The van der Waals surface area contributed by atoms with Crippen LogP contribution in [0.25, 0.3) is 0 Å². The molecule has 0 aliphatic heterocycles. The summed E-state index contributed by atoms with van der Waals surface area (Å²) in [6.45, 7) is 8.11. The number of nitrogens with zero attached hydrogens (tertiary/aromatic N) is 1. The van der Waals surface area contributed by atoms with E-state index in [0.717, 1.165) is 22.5 Å². The predicted octanol–water partition coefficient (Wildman–Crippen LogP) is 3.22. The van der Waals surface area contributed by atoms with Crippen LogP contribution in [0.15, 0.2) is 42.6 Å². The van der Waals surface area contributed by atoms with Crippen molar-refractivity contribution in [2.75, 3.05) is 5.32 Å². The lowest BCUT2D eigenvalue weighted by Crippen LogP contribution is -2.41. The van der Waals surface area contributed by atoms with Gasteiger partial charge in [0.1, 0.15) is 0 Å². The molecular formula is C18H25N3O2S. The van der Waals surface area contributed by atoms with Crippen LogP contribution in [0.3, 0.4) is 0 Å². The maximum Gasteiger partial charge on any atom is 0.216 e. The van der Waals surface area contributed by atoms with Crippen molar-refractivity contribution in [1.29, 1.82) is 0 Å². The summed E-state index contributed by atoms with van der Waals surface area (Å²) in [5.41, 5.74) is 3.24. The summed E-state index contributed by atoms with van der Waals surface area (Å²) < 4.78 is 27.1. The van der Waals surface area contributed by atoms with Crippen molar-refractivity contribution in [1.82, 2.24) is 9.71 Å². The summed E-state index contributed by atoms with van der Waals surface area (Å²) in [7, 11) is -3.37. The Morgan fingerprint density at radius 1 is 1.12 bits per heavy atom. The lowest BCUT2D eigenvalue weighted by molar-refractivity contribution is 0.491. The summed E-state index contributed by atoms with van der Waals surface area (Å²) in [5, 5.41) is 3.30. The Balaban J connectivity index is 2.05. The van der Waals surface area contributed by atoms with Gasteiger partial charge in [-0.15, -0.1) is 0 Å². The summed E-state index contributed by atoms with van der Waals surface area (Å²) in [6.07, 6.45) is 1.77. The molecule has 1 aromatic heterocycles. The minimum absolute atomic E-state index is 0.0393. The number of anilines is 1. The van der Waals surface area contributed by atoms with Crippen LogP contribution >= 0.6 is 0 Å². The number of nitrogens with one attached hydrogen (secondary N) is 2. The van der Waals surface area contributed by atoms with Gasteiger partial charge in [0, 0.05) is 17.4 Å². The number of hydrogen-bond donors (Lipinski definition) is 2. The molecule has 0 fully saturated rings. The van der Waals surface area contributed by atoms with Crippen molar-refractivity contribution in [2.45, 2.75) is 45.5 Å². The van der Waals surface area contributed by atoms with Crippen molar-refractivity contribution >= 4 is 15.7 Å². The van der Waals surface area contributed by atoms with Crippen molar-refractivity contribution in [3.05, 3.63) is 59.4 Å². The van der Waals surface area contributed by atoms with Gasteiger partial charge in [0.15, 0.2) is 0 Å². The molecule has 24 heavy (non-hydrogen) atoms. The zero-order valence-electron chi connectivity index (χ0n) is 14.6. The number of aryl methyl sites for hydroxylation is 1. The number of rotatable bonds is 6. The minimum atomic E-state index is -3.37. The lowest BCUT2D eigenvalue weighted by atomic mass is 10.1. The monoisotopic (exact) mass is 347 g/mol. The van der Waals surface area contributed by atoms with Crippen LogP contribution in [-0.4, -0.2) is 18.9 Å². The molecule has 1 aromatic carbocycles. The van der Waals surface area contributed by atoms with Gasteiger partial charge < -0.3 is 5.32 Å². The summed E-state index contributed by atoms with van der Waals surface area (Å²) in [5.74, 6) is -0.0393. The van der Waals surface area contributed by atoms with Crippen molar-refractivity contribution in [3.63, 3.8) is 0 Å². The van der Waals surface area contributed by atoms with Crippen LogP contribution in [-0.2, 0) is 22.3 Å². The van der Waals surface area contributed by atoms with Crippen LogP contribution in [0.5, 0.6) is 0 Å². The van der Waals surface area contributed by atoms with E-state index in [2.05, 4.69) is 15.0 Å². The highest BCUT2D eigenvalue weighted by atomic mass is 32.2. The number of pyridine rings is 1. The van der Waals surface area contributed by atoms with E-state index in [1.54, 1.807) is 6.20 Å². The third-order valence-electron chi connectivity index (χ3n) is 3.32. The normalized spacial score (nSPS) is 12.2. The molecule has 0 saturated heterocycles. The van der Waals surface area contributed by atoms with Crippen LogP contribution in [0.2, 0.25) is 0 Å². The molecule has 5 nitrogen and oxygen atoms in total.